The third-order valence-corrected chi connectivity index (χ3v) is 1.89. The van der Waals surface area contributed by atoms with Gasteiger partial charge in [0.25, 0.3) is 5.56 Å². The standard InChI is InChI=1S/C7H8N2O3/c10-6-3-5(7(11)12)9(8-6)4-1-2-4/h3-4H,1-2H2,(H,8,10)(H,11,12). The molecule has 0 spiro atoms. The average molecular weight is 168 g/mol. The lowest BCUT2D eigenvalue weighted by Crippen LogP contribution is -2.09. The zero-order valence-corrected chi connectivity index (χ0v) is 6.28. The van der Waals surface area contributed by atoms with Gasteiger partial charge < -0.3 is 5.11 Å². The molecule has 0 saturated heterocycles. The van der Waals surface area contributed by atoms with Crippen molar-refractivity contribution in [3.63, 3.8) is 0 Å². The second kappa shape index (κ2) is 2.23. The van der Waals surface area contributed by atoms with Crippen LogP contribution in [0.3, 0.4) is 0 Å². The van der Waals surface area contributed by atoms with Crippen molar-refractivity contribution in [3.8, 4) is 0 Å². The number of aromatic nitrogens is 2. The molecule has 0 radical (unpaired) electrons. The average Bonchev–Trinajstić information content (AvgIpc) is 2.75. The predicted molar refractivity (Wildman–Crippen MR) is 40.3 cm³/mol. The fraction of sp³-hybridized carbons (Fsp3) is 0.429. The van der Waals surface area contributed by atoms with Gasteiger partial charge in [0.15, 0.2) is 0 Å². The lowest BCUT2D eigenvalue weighted by atomic mass is 10.4. The molecule has 5 heteroatoms. The van der Waals surface area contributed by atoms with Crippen LogP contribution < -0.4 is 5.56 Å². The van der Waals surface area contributed by atoms with Gasteiger partial charge in [-0.1, -0.05) is 0 Å². The van der Waals surface area contributed by atoms with E-state index in [1.165, 1.54) is 4.68 Å². The number of aromatic amines is 1. The van der Waals surface area contributed by atoms with Crippen molar-refractivity contribution < 1.29 is 9.90 Å². The highest BCUT2D eigenvalue weighted by Crippen LogP contribution is 2.34. The molecule has 0 aliphatic heterocycles. The minimum absolute atomic E-state index is 0.0579. The van der Waals surface area contributed by atoms with Crippen molar-refractivity contribution in [1.29, 1.82) is 0 Å². The lowest BCUT2D eigenvalue weighted by molar-refractivity contribution is 0.0683. The summed E-state index contributed by atoms with van der Waals surface area (Å²) in [5.41, 5.74) is -0.290. The molecule has 0 bridgehead atoms. The highest BCUT2D eigenvalue weighted by atomic mass is 16.4. The molecule has 2 N–H and O–H groups in total. The quantitative estimate of drug-likeness (QED) is 0.662. The molecule has 5 nitrogen and oxygen atoms in total. The van der Waals surface area contributed by atoms with Crippen molar-refractivity contribution in [2.45, 2.75) is 18.9 Å². The molecule has 0 aromatic carbocycles. The van der Waals surface area contributed by atoms with Gasteiger partial charge in [0.05, 0.1) is 6.04 Å². The number of carbonyl (C=O) groups is 1. The van der Waals surface area contributed by atoms with Crippen molar-refractivity contribution in [3.05, 3.63) is 22.1 Å². The minimum Gasteiger partial charge on any atom is -0.477 e. The molecule has 0 atom stereocenters. The van der Waals surface area contributed by atoms with Crippen molar-refractivity contribution in [2.24, 2.45) is 0 Å². The number of nitrogens with one attached hydrogen (secondary N) is 1. The Labute approximate surface area is 67.6 Å². The van der Waals surface area contributed by atoms with E-state index in [-0.39, 0.29) is 17.3 Å². The summed E-state index contributed by atoms with van der Waals surface area (Å²) in [5, 5.41) is 11.1. The summed E-state index contributed by atoms with van der Waals surface area (Å²) in [7, 11) is 0. The summed E-state index contributed by atoms with van der Waals surface area (Å²) in [4.78, 5) is 21.4. The van der Waals surface area contributed by atoms with E-state index in [4.69, 9.17) is 5.11 Å². The zero-order valence-electron chi connectivity index (χ0n) is 6.28. The van der Waals surface area contributed by atoms with Gasteiger partial charge in [0.1, 0.15) is 5.69 Å². The topological polar surface area (TPSA) is 75.1 Å². The normalized spacial score (nSPS) is 16.3. The number of carboxylic acid groups (broad SMARTS) is 1. The molecule has 1 aromatic heterocycles. The van der Waals surface area contributed by atoms with Crippen LogP contribution in [-0.2, 0) is 0 Å². The minimum atomic E-state index is -1.06. The Hall–Kier alpha value is -1.52. The first kappa shape index (κ1) is 7.15. The molecule has 1 aliphatic carbocycles. The van der Waals surface area contributed by atoms with Gasteiger partial charge in [-0.05, 0) is 12.8 Å². The summed E-state index contributed by atoms with van der Waals surface area (Å²) < 4.78 is 1.44. The van der Waals surface area contributed by atoms with E-state index < -0.39 is 5.97 Å². The van der Waals surface area contributed by atoms with Gasteiger partial charge in [0.2, 0.25) is 0 Å². The first-order valence-corrected chi connectivity index (χ1v) is 3.73. The molecular formula is C7H8N2O3. The number of rotatable bonds is 2. The number of hydrogen-bond donors (Lipinski definition) is 2. The summed E-state index contributed by atoms with van der Waals surface area (Å²) in [6.45, 7) is 0. The van der Waals surface area contributed by atoms with Crippen LogP contribution in [0.15, 0.2) is 10.9 Å². The van der Waals surface area contributed by atoms with E-state index in [2.05, 4.69) is 5.10 Å². The van der Waals surface area contributed by atoms with E-state index in [1.807, 2.05) is 0 Å². The van der Waals surface area contributed by atoms with Crippen LogP contribution in [0, 0.1) is 0 Å². The first-order chi connectivity index (χ1) is 5.68. The van der Waals surface area contributed by atoms with Gasteiger partial charge in [-0.15, -0.1) is 0 Å². The van der Waals surface area contributed by atoms with Gasteiger partial charge in [0, 0.05) is 6.07 Å². The Kier molecular flexibility index (Phi) is 1.33. The SMILES string of the molecule is O=C(O)c1cc(=O)[nH]n1C1CC1. The second-order valence-electron chi connectivity index (χ2n) is 2.91. The van der Waals surface area contributed by atoms with Crippen LogP contribution in [0.25, 0.3) is 0 Å². The number of nitrogens with zero attached hydrogens (tertiary/aromatic N) is 1. The Morgan fingerprint density at radius 1 is 1.67 bits per heavy atom. The van der Waals surface area contributed by atoms with Crippen LogP contribution in [0.1, 0.15) is 29.4 Å². The maximum Gasteiger partial charge on any atom is 0.354 e. The number of carboxylic acids is 1. The molecule has 12 heavy (non-hydrogen) atoms. The molecule has 2 rings (SSSR count). The van der Waals surface area contributed by atoms with Crippen LogP contribution in [-0.4, -0.2) is 20.9 Å². The van der Waals surface area contributed by atoms with Gasteiger partial charge in [-0.25, -0.2) is 4.79 Å². The maximum absolute atomic E-state index is 10.8. The van der Waals surface area contributed by atoms with E-state index in [1.54, 1.807) is 0 Å². The lowest BCUT2D eigenvalue weighted by Gasteiger charge is -2.00. The Morgan fingerprint density at radius 2 is 2.33 bits per heavy atom. The molecule has 1 fully saturated rings. The van der Waals surface area contributed by atoms with Crippen molar-refractivity contribution in [2.75, 3.05) is 0 Å². The second-order valence-corrected chi connectivity index (χ2v) is 2.91. The van der Waals surface area contributed by atoms with E-state index in [9.17, 15) is 9.59 Å². The molecule has 1 heterocycles. The number of aromatic carboxylic acids is 1. The highest BCUT2D eigenvalue weighted by Gasteiger charge is 2.28. The van der Waals surface area contributed by atoms with Gasteiger partial charge in [-0.3, -0.25) is 14.6 Å². The Morgan fingerprint density at radius 3 is 2.83 bits per heavy atom. The van der Waals surface area contributed by atoms with Crippen molar-refractivity contribution in [1.82, 2.24) is 9.78 Å². The van der Waals surface area contributed by atoms with Gasteiger partial charge in [-0.2, -0.15) is 0 Å². The third-order valence-electron chi connectivity index (χ3n) is 1.89. The molecule has 0 unspecified atom stereocenters. The van der Waals surface area contributed by atoms with Crippen LogP contribution in [0.2, 0.25) is 0 Å². The van der Waals surface area contributed by atoms with E-state index in [0.717, 1.165) is 18.9 Å². The van der Waals surface area contributed by atoms with E-state index in [0.29, 0.717) is 0 Å². The monoisotopic (exact) mass is 168 g/mol. The highest BCUT2D eigenvalue weighted by molar-refractivity contribution is 5.85. The van der Waals surface area contributed by atoms with Crippen LogP contribution in [0.4, 0.5) is 0 Å². The van der Waals surface area contributed by atoms with Crippen LogP contribution in [0.5, 0.6) is 0 Å². The first-order valence-electron chi connectivity index (χ1n) is 3.73. The molecular weight excluding hydrogens is 160 g/mol. The smallest absolute Gasteiger partial charge is 0.354 e. The molecule has 1 aromatic rings. The molecule has 64 valence electrons. The summed E-state index contributed by atoms with van der Waals surface area (Å²) in [6, 6.07) is 1.31. The van der Waals surface area contributed by atoms with Gasteiger partial charge >= 0.3 is 5.97 Å². The largest absolute Gasteiger partial charge is 0.477 e. The predicted octanol–water partition coefficient (Wildman–Crippen LogP) is 0.209. The number of H-pyrrole nitrogens is 1. The molecule has 1 aliphatic rings. The molecule has 0 amide bonds. The Balaban J connectivity index is 2.50. The Bertz CT molecular complexity index is 372. The maximum atomic E-state index is 10.8. The fourth-order valence-electron chi connectivity index (χ4n) is 1.19. The summed E-state index contributed by atoms with van der Waals surface area (Å²) >= 11 is 0. The summed E-state index contributed by atoms with van der Waals surface area (Å²) in [5.74, 6) is -1.06. The van der Waals surface area contributed by atoms with Crippen LogP contribution >= 0.6 is 0 Å². The number of hydrogen-bond acceptors (Lipinski definition) is 2. The van der Waals surface area contributed by atoms with Crippen molar-refractivity contribution >= 4 is 5.97 Å². The third kappa shape index (κ3) is 1.03. The zero-order chi connectivity index (χ0) is 8.72. The fourth-order valence-corrected chi connectivity index (χ4v) is 1.19. The van der Waals surface area contributed by atoms with E-state index >= 15 is 0 Å². The molecule has 1 saturated carbocycles. The summed E-state index contributed by atoms with van der Waals surface area (Å²) in [6.07, 6.45) is 1.90.